The van der Waals surface area contributed by atoms with Gasteiger partial charge in [0.15, 0.2) is 11.6 Å². The van der Waals surface area contributed by atoms with Crippen molar-refractivity contribution >= 4 is 5.82 Å². The molecule has 0 radical (unpaired) electrons. The van der Waals surface area contributed by atoms with E-state index in [2.05, 4.69) is 23.8 Å². The van der Waals surface area contributed by atoms with Crippen LogP contribution in [0.1, 0.15) is 26.5 Å². The van der Waals surface area contributed by atoms with E-state index in [9.17, 15) is 4.39 Å². The molecule has 5 heteroatoms. The van der Waals surface area contributed by atoms with Gasteiger partial charge in [-0.05, 0) is 12.3 Å². The summed E-state index contributed by atoms with van der Waals surface area (Å²) < 4.78 is 14.0. The molecule has 0 aromatic carbocycles. The van der Waals surface area contributed by atoms with Crippen molar-refractivity contribution in [3.8, 4) is 0 Å². The third kappa shape index (κ3) is 1.99. The van der Waals surface area contributed by atoms with Gasteiger partial charge in [-0.15, -0.1) is 0 Å². The van der Waals surface area contributed by atoms with Crippen LogP contribution in [0.4, 0.5) is 10.2 Å². The van der Waals surface area contributed by atoms with Crippen LogP contribution in [0.2, 0.25) is 0 Å². The molecule has 2 heterocycles. The van der Waals surface area contributed by atoms with Crippen LogP contribution >= 0.6 is 0 Å². The van der Waals surface area contributed by atoms with Crippen LogP contribution < -0.4 is 10.6 Å². The van der Waals surface area contributed by atoms with Gasteiger partial charge in [-0.2, -0.15) is 0 Å². The number of nitrogens with two attached hydrogens (primary N) is 1. The molecule has 4 nitrogen and oxygen atoms in total. The van der Waals surface area contributed by atoms with Crippen LogP contribution in [0.15, 0.2) is 6.33 Å². The summed E-state index contributed by atoms with van der Waals surface area (Å²) in [4.78, 5) is 9.83. The van der Waals surface area contributed by atoms with E-state index >= 15 is 0 Å². The average molecular weight is 238 g/mol. The number of nitrogens with zero attached hydrogens (tertiary/aromatic N) is 3. The van der Waals surface area contributed by atoms with Crippen molar-refractivity contribution in [2.75, 3.05) is 18.0 Å². The third-order valence-electron chi connectivity index (χ3n) is 3.60. The molecule has 1 aliphatic heterocycles. The number of hydrogen-bond acceptors (Lipinski definition) is 4. The molecule has 0 aliphatic carbocycles. The number of anilines is 1. The maximum Gasteiger partial charge on any atom is 0.187 e. The number of rotatable bonds is 3. The monoisotopic (exact) mass is 238 g/mol. The number of hydrogen-bond donors (Lipinski definition) is 1. The van der Waals surface area contributed by atoms with Gasteiger partial charge in [0.05, 0.1) is 11.2 Å². The molecule has 2 N–H and O–H groups in total. The van der Waals surface area contributed by atoms with Crippen molar-refractivity contribution in [1.29, 1.82) is 0 Å². The fourth-order valence-electron chi connectivity index (χ4n) is 2.04. The molecule has 0 unspecified atom stereocenters. The van der Waals surface area contributed by atoms with Gasteiger partial charge in [0.1, 0.15) is 6.33 Å². The molecular formula is C12H19FN4. The van der Waals surface area contributed by atoms with Gasteiger partial charge in [-0.3, -0.25) is 0 Å². The lowest BCUT2D eigenvalue weighted by Gasteiger charge is -2.50. The number of aryl methyl sites for hydroxylation is 1. The van der Waals surface area contributed by atoms with Crippen LogP contribution in [-0.4, -0.2) is 28.6 Å². The fraction of sp³-hybridized carbons (Fsp3) is 0.667. The Morgan fingerprint density at radius 3 is 2.65 bits per heavy atom. The van der Waals surface area contributed by atoms with Gasteiger partial charge >= 0.3 is 0 Å². The molecule has 0 spiro atoms. The molecule has 1 saturated heterocycles. The van der Waals surface area contributed by atoms with Crippen LogP contribution in [0.5, 0.6) is 0 Å². The number of aromatic nitrogens is 2. The molecule has 0 bridgehead atoms. The highest BCUT2D eigenvalue weighted by Gasteiger charge is 2.43. The van der Waals surface area contributed by atoms with Gasteiger partial charge in [0, 0.05) is 13.1 Å². The lowest BCUT2D eigenvalue weighted by atomic mass is 9.80. The van der Waals surface area contributed by atoms with Crippen molar-refractivity contribution < 1.29 is 4.39 Å². The van der Waals surface area contributed by atoms with E-state index in [1.165, 1.54) is 6.33 Å². The van der Waals surface area contributed by atoms with E-state index in [4.69, 9.17) is 5.73 Å². The van der Waals surface area contributed by atoms with Crippen molar-refractivity contribution in [3.63, 3.8) is 0 Å². The zero-order chi connectivity index (χ0) is 12.6. The first kappa shape index (κ1) is 12.2. The predicted octanol–water partition coefficient (Wildman–Crippen LogP) is 1.35. The van der Waals surface area contributed by atoms with Crippen LogP contribution in [0.3, 0.4) is 0 Å². The Balaban J connectivity index is 2.17. The minimum absolute atomic E-state index is 0.218. The van der Waals surface area contributed by atoms with Gasteiger partial charge in [0.25, 0.3) is 0 Å². The highest BCUT2D eigenvalue weighted by molar-refractivity contribution is 5.46. The Hall–Kier alpha value is -1.23. The van der Waals surface area contributed by atoms with Crippen molar-refractivity contribution in [2.45, 2.75) is 32.7 Å². The Morgan fingerprint density at radius 1 is 1.47 bits per heavy atom. The Kier molecular flexibility index (Phi) is 3.03. The third-order valence-corrected chi connectivity index (χ3v) is 3.60. The second-order valence-electron chi connectivity index (χ2n) is 5.06. The maximum absolute atomic E-state index is 14.0. The van der Waals surface area contributed by atoms with Crippen molar-refractivity contribution in [3.05, 3.63) is 17.8 Å². The molecule has 2 rings (SSSR count). The highest BCUT2D eigenvalue weighted by atomic mass is 19.1. The Bertz CT molecular complexity index is 413. The lowest BCUT2D eigenvalue weighted by molar-refractivity contribution is 0.241. The minimum Gasteiger partial charge on any atom is -0.350 e. The van der Waals surface area contributed by atoms with Crippen molar-refractivity contribution in [1.82, 2.24) is 9.97 Å². The van der Waals surface area contributed by atoms with Gasteiger partial charge in [-0.25, -0.2) is 14.4 Å². The topological polar surface area (TPSA) is 55.0 Å². The SMILES string of the molecule is CCc1ncnc(N2CC(N)(C(C)C)C2)c1F. The molecule has 94 valence electrons. The second-order valence-corrected chi connectivity index (χ2v) is 5.06. The lowest BCUT2D eigenvalue weighted by Crippen LogP contribution is -2.70. The fourth-order valence-corrected chi connectivity index (χ4v) is 2.04. The average Bonchev–Trinajstić information content (AvgIpc) is 2.25. The molecule has 0 amide bonds. The zero-order valence-electron chi connectivity index (χ0n) is 10.6. The van der Waals surface area contributed by atoms with E-state index in [1.54, 1.807) is 0 Å². The Morgan fingerprint density at radius 2 is 2.12 bits per heavy atom. The van der Waals surface area contributed by atoms with Gasteiger partial charge in [0.2, 0.25) is 0 Å². The second kappa shape index (κ2) is 4.22. The summed E-state index contributed by atoms with van der Waals surface area (Å²) in [5.41, 5.74) is 6.43. The van der Waals surface area contributed by atoms with E-state index in [-0.39, 0.29) is 11.4 Å². The molecule has 17 heavy (non-hydrogen) atoms. The predicted molar refractivity (Wildman–Crippen MR) is 65.3 cm³/mol. The highest BCUT2D eigenvalue weighted by Crippen LogP contribution is 2.31. The van der Waals surface area contributed by atoms with E-state index in [0.29, 0.717) is 36.9 Å². The first-order valence-electron chi connectivity index (χ1n) is 6.01. The first-order valence-corrected chi connectivity index (χ1v) is 6.01. The van der Waals surface area contributed by atoms with Gasteiger partial charge in [-0.1, -0.05) is 20.8 Å². The largest absolute Gasteiger partial charge is 0.350 e. The van der Waals surface area contributed by atoms with Crippen molar-refractivity contribution in [2.24, 2.45) is 11.7 Å². The Labute approximate surface area is 101 Å². The summed E-state index contributed by atoms with van der Waals surface area (Å²) in [5.74, 6) is 0.466. The van der Waals surface area contributed by atoms with Crippen LogP contribution in [-0.2, 0) is 6.42 Å². The quantitative estimate of drug-likeness (QED) is 0.863. The molecule has 1 aliphatic rings. The van der Waals surface area contributed by atoms with E-state index in [0.717, 1.165) is 0 Å². The summed E-state index contributed by atoms with van der Waals surface area (Å²) in [6.07, 6.45) is 2.00. The van der Waals surface area contributed by atoms with Gasteiger partial charge < -0.3 is 10.6 Å². The normalized spacial score (nSPS) is 18.4. The van der Waals surface area contributed by atoms with Crippen LogP contribution in [0, 0.1) is 11.7 Å². The first-order chi connectivity index (χ1) is 7.98. The molecule has 0 saturated carbocycles. The molecule has 1 aromatic rings. The molecule has 1 fully saturated rings. The number of halogens is 1. The van der Waals surface area contributed by atoms with Crippen LogP contribution in [0.25, 0.3) is 0 Å². The summed E-state index contributed by atoms with van der Waals surface area (Å²) in [6.45, 7) is 7.37. The van der Waals surface area contributed by atoms with E-state index in [1.807, 2.05) is 11.8 Å². The molecule has 1 aromatic heterocycles. The zero-order valence-corrected chi connectivity index (χ0v) is 10.6. The summed E-state index contributed by atoms with van der Waals surface area (Å²) in [7, 11) is 0. The summed E-state index contributed by atoms with van der Waals surface area (Å²) >= 11 is 0. The summed E-state index contributed by atoms with van der Waals surface area (Å²) in [5, 5.41) is 0. The van der Waals surface area contributed by atoms with E-state index < -0.39 is 0 Å². The minimum atomic E-state index is -0.305. The standard InChI is InChI=1S/C12H19FN4/c1-4-9-10(13)11(16-7-15-9)17-5-12(14,6-17)8(2)3/h7-8H,4-6,14H2,1-3H3. The maximum atomic E-state index is 14.0. The molecule has 0 atom stereocenters. The smallest absolute Gasteiger partial charge is 0.187 e. The summed E-state index contributed by atoms with van der Waals surface area (Å²) in [6, 6.07) is 0. The molecular weight excluding hydrogens is 219 g/mol.